The van der Waals surface area contributed by atoms with E-state index in [-0.39, 0.29) is 18.0 Å². The van der Waals surface area contributed by atoms with E-state index in [0.717, 1.165) is 0 Å². The molecule has 2 atom stereocenters. The van der Waals surface area contributed by atoms with Gasteiger partial charge in [0.1, 0.15) is 0 Å². The molecule has 1 fully saturated rings. The zero-order chi connectivity index (χ0) is 10.3. The molecule has 1 aromatic heterocycles. The summed E-state index contributed by atoms with van der Waals surface area (Å²) in [7, 11) is 1.83. The van der Waals surface area contributed by atoms with Gasteiger partial charge in [-0.05, 0) is 23.9 Å². The van der Waals surface area contributed by atoms with Gasteiger partial charge in [-0.25, -0.2) is 0 Å². The molecular formula is C10H14N2OS. The van der Waals surface area contributed by atoms with Crippen molar-refractivity contribution >= 4 is 17.2 Å². The van der Waals surface area contributed by atoms with E-state index in [2.05, 4.69) is 13.0 Å². The number of nitrogens with two attached hydrogens (primary N) is 1. The molecule has 2 unspecified atom stereocenters. The van der Waals surface area contributed by atoms with Crippen molar-refractivity contribution in [3.8, 4) is 0 Å². The van der Waals surface area contributed by atoms with Gasteiger partial charge in [-0.15, -0.1) is 11.3 Å². The van der Waals surface area contributed by atoms with Gasteiger partial charge in [-0.3, -0.25) is 4.79 Å². The zero-order valence-electron chi connectivity index (χ0n) is 8.36. The summed E-state index contributed by atoms with van der Waals surface area (Å²) in [5.41, 5.74) is 7.20. The van der Waals surface area contributed by atoms with Gasteiger partial charge in [0, 0.05) is 24.4 Å². The Hall–Kier alpha value is -0.870. The Bertz CT molecular complexity index is 361. The molecule has 1 amide bonds. The van der Waals surface area contributed by atoms with E-state index in [1.165, 1.54) is 10.4 Å². The van der Waals surface area contributed by atoms with Gasteiger partial charge in [0.05, 0.1) is 6.04 Å². The maximum atomic E-state index is 11.5. The van der Waals surface area contributed by atoms with Gasteiger partial charge in [0.15, 0.2) is 0 Å². The van der Waals surface area contributed by atoms with E-state index in [1.807, 2.05) is 12.4 Å². The summed E-state index contributed by atoms with van der Waals surface area (Å²) in [5, 5.41) is 2.05. The Labute approximate surface area is 87.5 Å². The Morgan fingerprint density at radius 1 is 1.64 bits per heavy atom. The number of aryl methyl sites for hydroxylation is 1. The second-order valence-corrected chi connectivity index (χ2v) is 4.73. The average molecular weight is 210 g/mol. The first-order valence-electron chi connectivity index (χ1n) is 4.66. The van der Waals surface area contributed by atoms with Gasteiger partial charge >= 0.3 is 0 Å². The van der Waals surface area contributed by atoms with Crippen LogP contribution in [0.15, 0.2) is 11.4 Å². The van der Waals surface area contributed by atoms with Crippen molar-refractivity contribution in [2.24, 2.45) is 5.73 Å². The number of likely N-dealkylation sites (tertiary alicyclic amines) is 1. The SMILES string of the molecule is Cc1ccsc1C1C(N)CC(=O)N1C. The van der Waals surface area contributed by atoms with Crippen LogP contribution in [0.3, 0.4) is 0 Å². The molecule has 76 valence electrons. The van der Waals surface area contributed by atoms with Crippen molar-refractivity contribution in [3.63, 3.8) is 0 Å². The van der Waals surface area contributed by atoms with Gasteiger partial charge in [-0.1, -0.05) is 0 Å². The number of amides is 1. The predicted molar refractivity (Wildman–Crippen MR) is 57.2 cm³/mol. The lowest BCUT2D eigenvalue weighted by atomic mass is 10.1. The summed E-state index contributed by atoms with van der Waals surface area (Å²) in [4.78, 5) is 14.4. The first kappa shape index (κ1) is 9.68. The molecule has 2 rings (SSSR count). The third kappa shape index (κ3) is 1.35. The van der Waals surface area contributed by atoms with Crippen LogP contribution in [0.2, 0.25) is 0 Å². The smallest absolute Gasteiger partial charge is 0.224 e. The van der Waals surface area contributed by atoms with Gasteiger partial charge < -0.3 is 10.6 Å². The van der Waals surface area contributed by atoms with E-state index in [0.29, 0.717) is 6.42 Å². The molecule has 1 saturated heterocycles. The molecular weight excluding hydrogens is 196 g/mol. The fourth-order valence-electron chi connectivity index (χ4n) is 1.96. The molecule has 0 aromatic carbocycles. The monoisotopic (exact) mass is 210 g/mol. The van der Waals surface area contributed by atoms with Crippen LogP contribution in [0, 0.1) is 6.92 Å². The number of rotatable bonds is 1. The highest BCUT2D eigenvalue weighted by molar-refractivity contribution is 7.10. The molecule has 1 aliphatic rings. The largest absolute Gasteiger partial charge is 0.336 e. The van der Waals surface area contributed by atoms with Gasteiger partial charge in [0.2, 0.25) is 5.91 Å². The fourth-order valence-corrected chi connectivity index (χ4v) is 3.10. The summed E-state index contributed by atoms with van der Waals surface area (Å²) < 4.78 is 0. The zero-order valence-corrected chi connectivity index (χ0v) is 9.17. The van der Waals surface area contributed by atoms with E-state index in [4.69, 9.17) is 5.73 Å². The molecule has 3 nitrogen and oxygen atoms in total. The molecule has 0 aliphatic carbocycles. The molecule has 2 N–H and O–H groups in total. The summed E-state index contributed by atoms with van der Waals surface area (Å²) >= 11 is 1.68. The first-order valence-corrected chi connectivity index (χ1v) is 5.54. The molecule has 0 radical (unpaired) electrons. The Balaban J connectivity index is 2.35. The normalized spacial score (nSPS) is 27.4. The van der Waals surface area contributed by atoms with Crippen molar-refractivity contribution in [1.82, 2.24) is 4.90 Å². The van der Waals surface area contributed by atoms with Crippen molar-refractivity contribution in [1.29, 1.82) is 0 Å². The molecule has 0 saturated carbocycles. The molecule has 1 aliphatic heterocycles. The highest BCUT2D eigenvalue weighted by Crippen LogP contribution is 2.35. The second kappa shape index (κ2) is 3.37. The number of carbonyl (C=O) groups excluding carboxylic acids is 1. The number of hydrogen-bond donors (Lipinski definition) is 1. The van der Waals surface area contributed by atoms with Crippen LogP contribution >= 0.6 is 11.3 Å². The van der Waals surface area contributed by atoms with E-state index >= 15 is 0 Å². The molecule has 0 spiro atoms. The molecule has 14 heavy (non-hydrogen) atoms. The standard InChI is InChI=1S/C10H14N2OS/c1-6-3-4-14-10(6)9-7(11)5-8(13)12(9)2/h3-4,7,9H,5,11H2,1-2H3. The van der Waals surface area contributed by atoms with E-state index < -0.39 is 0 Å². The van der Waals surface area contributed by atoms with Gasteiger partial charge in [-0.2, -0.15) is 0 Å². The fraction of sp³-hybridized carbons (Fsp3) is 0.500. The summed E-state index contributed by atoms with van der Waals surface area (Å²) in [6, 6.07) is 2.11. The summed E-state index contributed by atoms with van der Waals surface area (Å²) in [6.45, 7) is 2.06. The Morgan fingerprint density at radius 2 is 2.36 bits per heavy atom. The lowest BCUT2D eigenvalue weighted by Gasteiger charge is -2.22. The number of carbonyl (C=O) groups is 1. The van der Waals surface area contributed by atoms with Crippen LogP contribution in [0.5, 0.6) is 0 Å². The van der Waals surface area contributed by atoms with Crippen LogP contribution in [0.4, 0.5) is 0 Å². The molecule has 2 heterocycles. The second-order valence-electron chi connectivity index (χ2n) is 3.79. The quantitative estimate of drug-likeness (QED) is 0.759. The van der Waals surface area contributed by atoms with Crippen molar-refractivity contribution in [3.05, 3.63) is 21.9 Å². The van der Waals surface area contributed by atoms with Crippen LogP contribution in [-0.2, 0) is 4.79 Å². The van der Waals surface area contributed by atoms with Crippen LogP contribution in [0.1, 0.15) is 22.9 Å². The summed E-state index contributed by atoms with van der Waals surface area (Å²) in [5.74, 6) is 0.148. The number of nitrogens with zero attached hydrogens (tertiary/aromatic N) is 1. The lowest BCUT2D eigenvalue weighted by Crippen LogP contribution is -2.30. The molecule has 0 bridgehead atoms. The maximum Gasteiger partial charge on any atom is 0.224 e. The maximum absolute atomic E-state index is 11.5. The van der Waals surface area contributed by atoms with E-state index in [1.54, 1.807) is 16.2 Å². The molecule has 4 heteroatoms. The highest BCUT2D eigenvalue weighted by Gasteiger charge is 2.37. The predicted octanol–water partition coefficient (Wildman–Crippen LogP) is 1.29. The number of thiophene rings is 1. The van der Waals surface area contributed by atoms with Crippen molar-refractivity contribution in [2.75, 3.05) is 7.05 Å². The topological polar surface area (TPSA) is 46.3 Å². The third-order valence-corrected chi connectivity index (χ3v) is 3.89. The third-order valence-electron chi connectivity index (χ3n) is 2.80. The minimum Gasteiger partial charge on any atom is -0.336 e. The van der Waals surface area contributed by atoms with Crippen molar-refractivity contribution in [2.45, 2.75) is 25.4 Å². The first-order chi connectivity index (χ1) is 6.61. The van der Waals surface area contributed by atoms with Gasteiger partial charge in [0.25, 0.3) is 0 Å². The van der Waals surface area contributed by atoms with Crippen LogP contribution in [-0.4, -0.2) is 23.9 Å². The molecule has 1 aromatic rings. The Morgan fingerprint density at radius 3 is 2.79 bits per heavy atom. The Kier molecular flexibility index (Phi) is 2.33. The van der Waals surface area contributed by atoms with E-state index in [9.17, 15) is 4.79 Å². The van der Waals surface area contributed by atoms with Crippen molar-refractivity contribution < 1.29 is 4.79 Å². The number of likely N-dealkylation sites (N-methyl/N-ethyl adjacent to an activating group) is 1. The lowest BCUT2D eigenvalue weighted by molar-refractivity contribution is -0.127. The number of hydrogen-bond acceptors (Lipinski definition) is 3. The average Bonchev–Trinajstić information content (AvgIpc) is 2.60. The van der Waals surface area contributed by atoms with Crippen LogP contribution in [0.25, 0.3) is 0 Å². The van der Waals surface area contributed by atoms with Crippen LogP contribution < -0.4 is 5.73 Å². The summed E-state index contributed by atoms with van der Waals surface area (Å²) in [6.07, 6.45) is 0.471. The minimum absolute atomic E-state index is 0.0511. The highest BCUT2D eigenvalue weighted by atomic mass is 32.1. The minimum atomic E-state index is -0.0511.